The van der Waals surface area contributed by atoms with E-state index in [0.29, 0.717) is 13.1 Å². The minimum atomic E-state index is 0.0751. The van der Waals surface area contributed by atoms with E-state index in [9.17, 15) is 4.79 Å². The van der Waals surface area contributed by atoms with Gasteiger partial charge in [0.1, 0.15) is 0 Å². The number of carbonyl (C=O) groups excluding carboxylic acids is 1. The first-order chi connectivity index (χ1) is 16.9. The van der Waals surface area contributed by atoms with Crippen molar-refractivity contribution in [2.24, 2.45) is 0 Å². The van der Waals surface area contributed by atoms with Gasteiger partial charge < -0.3 is 4.90 Å². The summed E-state index contributed by atoms with van der Waals surface area (Å²) in [6.45, 7) is 12.1. The normalized spacial score (nSPS) is 14.5. The third kappa shape index (κ3) is 4.39. The van der Waals surface area contributed by atoms with E-state index in [-0.39, 0.29) is 5.91 Å². The zero-order valence-electron chi connectivity index (χ0n) is 20.9. The summed E-state index contributed by atoms with van der Waals surface area (Å²) in [5.74, 6) is 0.0751. The summed E-state index contributed by atoms with van der Waals surface area (Å²) in [5.41, 5.74) is 7.94. The Labute approximate surface area is 206 Å². The molecule has 1 saturated heterocycles. The van der Waals surface area contributed by atoms with Gasteiger partial charge in [-0.05, 0) is 52.0 Å². The van der Waals surface area contributed by atoms with E-state index < -0.39 is 0 Å². The molecule has 180 valence electrons. The van der Waals surface area contributed by atoms with Crippen LogP contribution in [-0.4, -0.2) is 61.4 Å². The number of hydrogen-bond donors (Lipinski definition) is 0. The highest BCUT2D eigenvalue weighted by Gasteiger charge is 2.28. The molecule has 1 aliphatic heterocycles. The molecule has 3 heterocycles. The molecule has 0 N–H and O–H groups in total. The summed E-state index contributed by atoms with van der Waals surface area (Å²) in [4.78, 5) is 17.8. The molecular formula is C28H32N6O. The standard InChI is InChI=1S/C28H32N6O/c1-20-26(22(3)33(29-20)24-11-7-5-8-12-24)19-31-15-17-32(18-16-31)28(35)27-21(2)30-34(23(27)4)25-13-9-6-10-14-25/h5-14H,15-19H2,1-4H3. The first-order valence-corrected chi connectivity index (χ1v) is 12.2. The van der Waals surface area contributed by atoms with Gasteiger partial charge in [-0.25, -0.2) is 9.36 Å². The van der Waals surface area contributed by atoms with Crippen molar-refractivity contribution in [2.45, 2.75) is 34.2 Å². The van der Waals surface area contributed by atoms with E-state index >= 15 is 0 Å². The largest absolute Gasteiger partial charge is 0.336 e. The molecule has 0 bridgehead atoms. The molecule has 0 atom stereocenters. The van der Waals surface area contributed by atoms with Crippen molar-refractivity contribution >= 4 is 5.91 Å². The molecule has 1 amide bonds. The van der Waals surface area contributed by atoms with Crippen LogP contribution in [-0.2, 0) is 6.54 Å². The third-order valence-electron chi connectivity index (χ3n) is 6.99. The number of amides is 1. The Kier molecular flexibility index (Phi) is 6.26. The fourth-order valence-electron chi connectivity index (χ4n) is 4.99. The first kappa shape index (κ1) is 23.1. The molecule has 2 aromatic heterocycles. The SMILES string of the molecule is Cc1nn(-c2ccccc2)c(C)c1CN1CCN(C(=O)c2c(C)nn(-c3ccccc3)c2C)CC1. The first-order valence-electron chi connectivity index (χ1n) is 12.2. The highest BCUT2D eigenvalue weighted by molar-refractivity contribution is 5.96. The average Bonchev–Trinajstić information content (AvgIpc) is 3.34. The summed E-state index contributed by atoms with van der Waals surface area (Å²) >= 11 is 0. The number of piperazine rings is 1. The summed E-state index contributed by atoms with van der Waals surface area (Å²) in [5, 5.41) is 9.45. The van der Waals surface area contributed by atoms with Crippen molar-refractivity contribution < 1.29 is 4.79 Å². The van der Waals surface area contributed by atoms with Crippen LogP contribution in [0.3, 0.4) is 0 Å². The van der Waals surface area contributed by atoms with Crippen molar-refractivity contribution in [2.75, 3.05) is 26.2 Å². The van der Waals surface area contributed by atoms with E-state index in [0.717, 1.165) is 53.7 Å². The maximum Gasteiger partial charge on any atom is 0.257 e. The van der Waals surface area contributed by atoms with E-state index in [4.69, 9.17) is 5.10 Å². The van der Waals surface area contributed by atoms with Crippen LogP contribution in [0.1, 0.15) is 38.7 Å². The Balaban J connectivity index is 1.27. The highest BCUT2D eigenvalue weighted by atomic mass is 16.2. The quantitative estimate of drug-likeness (QED) is 0.439. The van der Waals surface area contributed by atoms with Gasteiger partial charge in [-0.15, -0.1) is 0 Å². The predicted octanol–water partition coefficient (Wildman–Crippen LogP) is 4.25. The number of nitrogens with zero attached hydrogens (tertiary/aromatic N) is 6. The second-order valence-corrected chi connectivity index (χ2v) is 9.26. The van der Waals surface area contributed by atoms with Crippen LogP contribution < -0.4 is 0 Å². The zero-order chi connectivity index (χ0) is 24.5. The number of carbonyl (C=O) groups is 1. The second-order valence-electron chi connectivity index (χ2n) is 9.26. The lowest BCUT2D eigenvalue weighted by Gasteiger charge is -2.35. The molecule has 5 rings (SSSR count). The molecular weight excluding hydrogens is 436 g/mol. The molecule has 7 nitrogen and oxygen atoms in total. The van der Waals surface area contributed by atoms with Gasteiger partial charge in [-0.3, -0.25) is 9.69 Å². The van der Waals surface area contributed by atoms with Crippen LogP contribution in [0.4, 0.5) is 0 Å². The lowest BCUT2D eigenvalue weighted by atomic mass is 10.1. The molecule has 0 radical (unpaired) electrons. The molecule has 35 heavy (non-hydrogen) atoms. The molecule has 2 aromatic carbocycles. The van der Waals surface area contributed by atoms with Gasteiger partial charge in [0.15, 0.2) is 0 Å². The van der Waals surface area contributed by atoms with Gasteiger partial charge >= 0.3 is 0 Å². The summed E-state index contributed by atoms with van der Waals surface area (Å²) in [7, 11) is 0. The van der Waals surface area contributed by atoms with Gasteiger partial charge in [0.05, 0.1) is 34.0 Å². The molecule has 1 aliphatic rings. The Bertz CT molecular complexity index is 1330. The van der Waals surface area contributed by atoms with Crippen molar-refractivity contribution in [1.82, 2.24) is 29.4 Å². The Morgan fingerprint density at radius 2 is 1.23 bits per heavy atom. The van der Waals surface area contributed by atoms with E-state index in [2.05, 4.69) is 36.0 Å². The van der Waals surface area contributed by atoms with Crippen LogP contribution in [0.25, 0.3) is 11.4 Å². The molecule has 0 saturated carbocycles. The maximum atomic E-state index is 13.5. The van der Waals surface area contributed by atoms with E-state index in [1.165, 1.54) is 11.3 Å². The molecule has 7 heteroatoms. The molecule has 1 fully saturated rings. The van der Waals surface area contributed by atoms with Crippen LogP contribution in [0.15, 0.2) is 60.7 Å². The number of rotatable bonds is 5. The van der Waals surface area contributed by atoms with Gasteiger partial charge in [0.25, 0.3) is 5.91 Å². The van der Waals surface area contributed by atoms with Gasteiger partial charge in [0, 0.05) is 44.0 Å². The number of hydrogen-bond acceptors (Lipinski definition) is 4. The van der Waals surface area contributed by atoms with Gasteiger partial charge in [-0.2, -0.15) is 10.2 Å². The number of aromatic nitrogens is 4. The molecule has 0 spiro atoms. The van der Waals surface area contributed by atoms with Crippen molar-refractivity contribution in [3.8, 4) is 11.4 Å². The van der Waals surface area contributed by atoms with Crippen LogP contribution in [0.5, 0.6) is 0 Å². The number of benzene rings is 2. The minimum absolute atomic E-state index is 0.0751. The Morgan fingerprint density at radius 1 is 0.714 bits per heavy atom. The summed E-state index contributed by atoms with van der Waals surface area (Å²) < 4.78 is 3.90. The van der Waals surface area contributed by atoms with Crippen LogP contribution >= 0.6 is 0 Å². The number of para-hydroxylation sites is 2. The van der Waals surface area contributed by atoms with Gasteiger partial charge in [0.2, 0.25) is 0 Å². The van der Waals surface area contributed by atoms with E-state index in [1.54, 1.807) is 0 Å². The molecule has 4 aromatic rings. The van der Waals surface area contributed by atoms with Crippen molar-refractivity contribution in [3.05, 3.63) is 94.6 Å². The van der Waals surface area contributed by atoms with Crippen LogP contribution in [0, 0.1) is 27.7 Å². The highest BCUT2D eigenvalue weighted by Crippen LogP contribution is 2.23. The average molecular weight is 469 g/mol. The topological polar surface area (TPSA) is 59.2 Å². The lowest BCUT2D eigenvalue weighted by Crippen LogP contribution is -2.48. The maximum absolute atomic E-state index is 13.5. The lowest BCUT2D eigenvalue weighted by molar-refractivity contribution is 0.0626. The van der Waals surface area contributed by atoms with Crippen LogP contribution in [0.2, 0.25) is 0 Å². The Hall–Kier alpha value is -3.71. The van der Waals surface area contributed by atoms with E-state index in [1.807, 2.05) is 76.6 Å². The fourth-order valence-corrected chi connectivity index (χ4v) is 4.99. The predicted molar refractivity (Wildman–Crippen MR) is 137 cm³/mol. The molecule has 0 unspecified atom stereocenters. The zero-order valence-corrected chi connectivity index (χ0v) is 20.9. The minimum Gasteiger partial charge on any atom is -0.336 e. The second kappa shape index (κ2) is 9.50. The van der Waals surface area contributed by atoms with Crippen molar-refractivity contribution in [1.29, 1.82) is 0 Å². The summed E-state index contributed by atoms with van der Waals surface area (Å²) in [6.07, 6.45) is 0. The Morgan fingerprint density at radius 3 is 1.80 bits per heavy atom. The summed E-state index contributed by atoms with van der Waals surface area (Å²) in [6, 6.07) is 20.2. The van der Waals surface area contributed by atoms with Crippen molar-refractivity contribution in [3.63, 3.8) is 0 Å². The monoisotopic (exact) mass is 468 g/mol. The van der Waals surface area contributed by atoms with Gasteiger partial charge in [-0.1, -0.05) is 36.4 Å². The molecule has 0 aliphatic carbocycles. The smallest absolute Gasteiger partial charge is 0.257 e. The third-order valence-corrected chi connectivity index (χ3v) is 6.99. The number of aryl methyl sites for hydroxylation is 2. The fraction of sp³-hybridized carbons (Fsp3) is 0.321.